The third-order valence-corrected chi connectivity index (χ3v) is 6.18. The molecule has 31 heavy (non-hydrogen) atoms. The summed E-state index contributed by atoms with van der Waals surface area (Å²) in [5, 5.41) is 5.52. The van der Waals surface area contributed by atoms with Crippen LogP contribution < -0.4 is 21.1 Å². The molecule has 1 aromatic heterocycles. The van der Waals surface area contributed by atoms with Gasteiger partial charge >= 0.3 is 0 Å². The summed E-state index contributed by atoms with van der Waals surface area (Å²) < 4.78 is 0. The number of hydrogen-bond donors (Lipinski definition) is 3. The maximum atomic E-state index is 13.0. The van der Waals surface area contributed by atoms with E-state index in [0.29, 0.717) is 23.5 Å². The molecule has 0 radical (unpaired) electrons. The summed E-state index contributed by atoms with van der Waals surface area (Å²) in [7, 11) is 0. The minimum absolute atomic E-state index is 0.0890. The number of hydrogen-bond acceptors (Lipinski definition) is 5. The van der Waals surface area contributed by atoms with Gasteiger partial charge in [-0.05, 0) is 42.4 Å². The monoisotopic (exact) mass is 423 g/mol. The Balaban J connectivity index is 1.58. The molecular weight excluding hydrogens is 394 g/mol. The molecule has 1 aromatic carbocycles. The SMILES string of the molecule is CC1CCN(c2nc3c(c(=O)[nH]2)[C@@H](C(=O)Nc2ccc(C(C)C)cc2)CC(=O)N3)CC1. The maximum Gasteiger partial charge on any atom is 0.258 e. The molecule has 0 aliphatic carbocycles. The molecule has 164 valence electrons. The molecule has 3 N–H and O–H groups in total. The number of H-pyrrole nitrogens is 1. The molecule has 0 bridgehead atoms. The lowest BCUT2D eigenvalue weighted by atomic mass is 9.92. The smallest absolute Gasteiger partial charge is 0.258 e. The van der Waals surface area contributed by atoms with Gasteiger partial charge in [0, 0.05) is 25.2 Å². The summed E-state index contributed by atoms with van der Waals surface area (Å²) in [6.45, 7) is 8.01. The number of fused-ring (bicyclic) bond motifs is 1. The predicted octanol–water partition coefficient (Wildman–Crippen LogP) is 3.19. The van der Waals surface area contributed by atoms with Gasteiger partial charge in [-0.15, -0.1) is 0 Å². The molecule has 8 heteroatoms. The second kappa shape index (κ2) is 8.53. The molecule has 8 nitrogen and oxygen atoms in total. The Labute approximate surface area is 181 Å². The topological polar surface area (TPSA) is 107 Å². The molecule has 2 amide bonds. The quantitative estimate of drug-likeness (QED) is 0.700. The van der Waals surface area contributed by atoms with Crippen LogP contribution in [0.15, 0.2) is 29.1 Å². The van der Waals surface area contributed by atoms with Crippen LogP contribution in [0.5, 0.6) is 0 Å². The second-order valence-electron chi connectivity index (χ2n) is 8.89. The van der Waals surface area contributed by atoms with Crippen molar-refractivity contribution in [3.63, 3.8) is 0 Å². The Morgan fingerprint density at radius 1 is 1.16 bits per heavy atom. The zero-order valence-corrected chi connectivity index (χ0v) is 18.2. The van der Waals surface area contributed by atoms with Gasteiger partial charge in [0.25, 0.3) is 5.56 Å². The molecule has 1 fully saturated rings. The van der Waals surface area contributed by atoms with Gasteiger partial charge in [-0.2, -0.15) is 4.98 Å². The van der Waals surface area contributed by atoms with Crippen molar-refractivity contribution in [3.05, 3.63) is 45.7 Å². The van der Waals surface area contributed by atoms with Crippen molar-refractivity contribution in [3.8, 4) is 0 Å². The van der Waals surface area contributed by atoms with Gasteiger partial charge in [0.2, 0.25) is 17.8 Å². The Bertz CT molecular complexity index is 1040. The first-order valence-corrected chi connectivity index (χ1v) is 10.9. The van der Waals surface area contributed by atoms with Gasteiger partial charge < -0.3 is 15.5 Å². The average Bonchev–Trinajstić information content (AvgIpc) is 2.73. The molecule has 0 saturated carbocycles. The fraction of sp³-hybridized carbons (Fsp3) is 0.478. The standard InChI is InChI=1S/C23H29N5O3/c1-13(2)15-4-6-16(7-5-15)24-21(30)17-12-18(29)25-20-19(17)22(31)27-23(26-20)28-10-8-14(3)9-11-28/h4-7,13-14,17H,8-12H2,1-3H3,(H,24,30)(H2,25,26,27,29,31)/t17-/m0/s1. The van der Waals surface area contributed by atoms with E-state index in [-0.39, 0.29) is 35.2 Å². The summed E-state index contributed by atoms with van der Waals surface area (Å²) in [6.07, 6.45) is 1.95. The lowest BCUT2D eigenvalue weighted by Gasteiger charge is -2.31. The number of nitrogens with one attached hydrogen (secondary N) is 3. The number of amides is 2. The van der Waals surface area contributed by atoms with Crippen LogP contribution in [0.2, 0.25) is 0 Å². The van der Waals surface area contributed by atoms with Crippen LogP contribution in [-0.2, 0) is 9.59 Å². The van der Waals surface area contributed by atoms with Crippen molar-refractivity contribution in [2.24, 2.45) is 5.92 Å². The van der Waals surface area contributed by atoms with Crippen LogP contribution in [0, 0.1) is 5.92 Å². The summed E-state index contributed by atoms with van der Waals surface area (Å²) in [6, 6.07) is 7.59. The minimum atomic E-state index is -0.889. The van der Waals surface area contributed by atoms with Crippen LogP contribution in [0.4, 0.5) is 17.5 Å². The predicted molar refractivity (Wildman–Crippen MR) is 121 cm³/mol. The normalized spacial score (nSPS) is 19.2. The van der Waals surface area contributed by atoms with Gasteiger partial charge in [-0.25, -0.2) is 0 Å². The van der Waals surface area contributed by atoms with Gasteiger partial charge in [0.15, 0.2) is 0 Å². The van der Waals surface area contributed by atoms with Crippen LogP contribution in [0.3, 0.4) is 0 Å². The van der Waals surface area contributed by atoms with E-state index in [1.807, 2.05) is 29.2 Å². The number of carbonyl (C=O) groups is 2. The number of anilines is 3. The first kappa shape index (κ1) is 21.1. The number of rotatable bonds is 4. The Morgan fingerprint density at radius 3 is 2.48 bits per heavy atom. The zero-order chi connectivity index (χ0) is 22.1. The highest BCUT2D eigenvalue weighted by Gasteiger charge is 2.35. The summed E-state index contributed by atoms with van der Waals surface area (Å²) in [5.74, 6) is 0.0633. The van der Waals surface area contributed by atoms with Gasteiger partial charge in [0.05, 0.1) is 11.5 Å². The van der Waals surface area contributed by atoms with E-state index in [4.69, 9.17) is 0 Å². The molecular formula is C23H29N5O3. The molecule has 2 aliphatic rings. The fourth-order valence-corrected chi connectivity index (χ4v) is 4.13. The van der Waals surface area contributed by atoms with Crippen LogP contribution in [0.25, 0.3) is 0 Å². The molecule has 1 saturated heterocycles. The third-order valence-electron chi connectivity index (χ3n) is 6.18. The second-order valence-corrected chi connectivity index (χ2v) is 8.89. The summed E-state index contributed by atoms with van der Waals surface area (Å²) in [4.78, 5) is 47.6. The van der Waals surface area contributed by atoms with Crippen molar-refractivity contribution in [1.82, 2.24) is 9.97 Å². The third kappa shape index (κ3) is 4.47. The van der Waals surface area contributed by atoms with E-state index >= 15 is 0 Å². The molecule has 1 atom stereocenters. The van der Waals surface area contributed by atoms with Crippen molar-refractivity contribution < 1.29 is 9.59 Å². The number of piperidine rings is 1. The molecule has 0 unspecified atom stereocenters. The first-order chi connectivity index (χ1) is 14.8. The Hall–Kier alpha value is -3.16. The number of aromatic nitrogens is 2. The highest BCUT2D eigenvalue weighted by Crippen LogP contribution is 2.31. The Morgan fingerprint density at radius 2 is 1.84 bits per heavy atom. The lowest BCUT2D eigenvalue weighted by molar-refractivity contribution is -0.123. The van der Waals surface area contributed by atoms with Crippen molar-refractivity contribution in [2.45, 2.75) is 51.9 Å². The molecule has 0 spiro atoms. The van der Waals surface area contributed by atoms with E-state index in [1.165, 1.54) is 5.56 Å². The molecule has 4 rings (SSSR count). The van der Waals surface area contributed by atoms with Gasteiger partial charge in [0.1, 0.15) is 5.82 Å². The van der Waals surface area contributed by atoms with E-state index in [9.17, 15) is 14.4 Å². The van der Waals surface area contributed by atoms with E-state index in [1.54, 1.807) is 0 Å². The zero-order valence-electron chi connectivity index (χ0n) is 18.2. The number of benzene rings is 1. The van der Waals surface area contributed by atoms with Gasteiger partial charge in [-0.3, -0.25) is 19.4 Å². The summed E-state index contributed by atoms with van der Waals surface area (Å²) >= 11 is 0. The maximum absolute atomic E-state index is 13.0. The van der Waals surface area contributed by atoms with E-state index < -0.39 is 5.92 Å². The Kier molecular flexibility index (Phi) is 5.80. The van der Waals surface area contributed by atoms with Crippen LogP contribution in [0.1, 0.15) is 63.0 Å². The van der Waals surface area contributed by atoms with Gasteiger partial charge in [-0.1, -0.05) is 32.9 Å². The van der Waals surface area contributed by atoms with Crippen LogP contribution >= 0.6 is 0 Å². The van der Waals surface area contributed by atoms with E-state index in [0.717, 1.165) is 25.9 Å². The number of aromatic amines is 1. The highest BCUT2D eigenvalue weighted by molar-refractivity contribution is 6.04. The molecule has 2 aliphatic heterocycles. The summed E-state index contributed by atoms with van der Waals surface area (Å²) in [5.41, 5.74) is 1.63. The number of nitrogens with zero attached hydrogens (tertiary/aromatic N) is 2. The van der Waals surface area contributed by atoms with Crippen molar-refractivity contribution in [1.29, 1.82) is 0 Å². The molecule has 2 aromatic rings. The van der Waals surface area contributed by atoms with E-state index in [2.05, 4.69) is 41.4 Å². The molecule has 3 heterocycles. The first-order valence-electron chi connectivity index (χ1n) is 10.9. The fourth-order valence-electron chi connectivity index (χ4n) is 4.13. The van der Waals surface area contributed by atoms with Crippen LogP contribution in [-0.4, -0.2) is 34.9 Å². The largest absolute Gasteiger partial charge is 0.342 e. The average molecular weight is 424 g/mol. The van der Waals surface area contributed by atoms with Crippen molar-refractivity contribution >= 4 is 29.3 Å². The lowest BCUT2D eigenvalue weighted by Crippen LogP contribution is -2.39. The highest BCUT2D eigenvalue weighted by atomic mass is 16.2. The minimum Gasteiger partial charge on any atom is -0.342 e. The van der Waals surface area contributed by atoms with Crippen molar-refractivity contribution in [2.75, 3.05) is 28.6 Å². The number of carbonyl (C=O) groups excluding carboxylic acids is 2.